The molecule has 0 spiro atoms. The van der Waals surface area contributed by atoms with Crippen molar-refractivity contribution in [1.29, 1.82) is 0 Å². The van der Waals surface area contributed by atoms with Gasteiger partial charge in [-0.15, -0.1) is 0 Å². The third kappa shape index (κ3) is 1.83. The first-order chi connectivity index (χ1) is 7.58. The number of H-pyrrole nitrogens is 2. The number of carboxylic acid groups (broad SMARTS) is 1. The van der Waals surface area contributed by atoms with Gasteiger partial charge in [0.1, 0.15) is 0 Å². The smallest absolute Gasteiger partial charge is 0.407 e. The first-order valence-electron chi connectivity index (χ1n) is 4.90. The van der Waals surface area contributed by atoms with Crippen molar-refractivity contribution in [1.82, 2.24) is 14.9 Å². The Labute approximate surface area is 89.7 Å². The van der Waals surface area contributed by atoms with Crippen LogP contribution in [0.5, 0.6) is 0 Å². The van der Waals surface area contributed by atoms with Crippen LogP contribution < -0.4 is 11.2 Å². The summed E-state index contributed by atoms with van der Waals surface area (Å²) in [5.74, 6) is 0. The van der Waals surface area contributed by atoms with Crippen LogP contribution in [0, 0.1) is 0 Å². The summed E-state index contributed by atoms with van der Waals surface area (Å²) in [6.07, 6.45) is -0.319. The first kappa shape index (κ1) is 10.5. The Morgan fingerprint density at radius 2 is 1.88 bits per heavy atom. The second-order valence-electron chi connectivity index (χ2n) is 3.63. The standard InChI is InChI=1S/C9H11N3O4/c13-7-5-1-3-12(9(15)16)4-2-6(5)10-8(14)11-7/h1-4H2,(H,15,16)(H2,10,11,13,14). The third-order valence-corrected chi connectivity index (χ3v) is 2.66. The molecule has 0 unspecified atom stereocenters. The van der Waals surface area contributed by atoms with Gasteiger partial charge in [0.05, 0.1) is 0 Å². The van der Waals surface area contributed by atoms with Crippen LogP contribution in [-0.2, 0) is 12.8 Å². The van der Waals surface area contributed by atoms with Crippen molar-refractivity contribution in [3.8, 4) is 0 Å². The van der Waals surface area contributed by atoms with Gasteiger partial charge >= 0.3 is 11.8 Å². The molecule has 0 saturated carbocycles. The molecule has 0 saturated heterocycles. The van der Waals surface area contributed by atoms with Gasteiger partial charge < -0.3 is 15.0 Å². The number of aromatic amines is 2. The van der Waals surface area contributed by atoms with Gasteiger partial charge in [0.25, 0.3) is 5.56 Å². The molecule has 0 atom stereocenters. The molecule has 86 valence electrons. The van der Waals surface area contributed by atoms with Gasteiger partial charge in [-0.3, -0.25) is 9.78 Å². The second-order valence-corrected chi connectivity index (χ2v) is 3.63. The van der Waals surface area contributed by atoms with Gasteiger partial charge in [-0.05, 0) is 6.42 Å². The average molecular weight is 225 g/mol. The summed E-state index contributed by atoms with van der Waals surface area (Å²) in [6, 6.07) is 0. The highest BCUT2D eigenvalue weighted by Gasteiger charge is 2.19. The van der Waals surface area contributed by atoms with E-state index in [1.165, 1.54) is 4.90 Å². The first-order valence-corrected chi connectivity index (χ1v) is 4.90. The van der Waals surface area contributed by atoms with E-state index >= 15 is 0 Å². The lowest BCUT2D eigenvalue weighted by Gasteiger charge is -2.14. The zero-order valence-corrected chi connectivity index (χ0v) is 8.45. The largest absolute Gasteiger partial charge is 0.465 e. The summed E-state index contributed by atoms with van der Waals surface area (Å²) >= 11 is 0. The van der Waals surface area contributed by atoms with Crippen LogP contribution in [0.25, 0.3) is 0 Å². The third-order valence-electron chi connectivity index (χ3n) is 2.66. The zero-order chi connectivity index (χ0) is 11.7. The van der Waals surface area contributed by atoms with Crippen LogP contribution in [0.2, 0.25) is 0 Å². The van der Waals surface area contributed by atoms with E-state index in [-0.39, 0.29) is 6.54 Å². The van der Waals surface area contributed by atoms with Gasteiger partial charge in [0, 0.05) is 30.8 Å². The molecule has 16 heavy (non-hydrogen) atoms. The topological polar surface area (TPSA) is 106 Å². The van der Waals surface area contributed by atoms with Gasteiger partial charge in [-0.1, -0.05) is 0 Å². The van der Waals surface area contributed by atoms with E-state index in [9.17, 15) is 14.4 Å². The highest BCUT2D eigenvalue weighted by molar-refractivity contribution is 5.65. The molecule has 1 aromatic heterocycles. The predicted octanol–water partition coefficient (Wildman–Crippen LogP) is -0.858. The zero-order valence-electron chi connectivity index (χ0n) is 8.45. The summed E-state index contributed by atoms with van der Waals surface area (Å²) in [4.78, 5) is 39.2. The van der Waals surface area contributed by atoms with E-state index in [1.807, 2.05) is 0 Å². The summed E-state index contributed by atoms with van der Waals surface area (Å²) in [7, 11) is 0. The lowest BCUT2D eigenvalue weighted by atomic mass is 10.1. The Balaban J connectivity index is 2.38. The fourth-order valence-corrected chi connectivity index (χ4v) is 1.83. The van der Waals surface area contributed by atoms with Crippen LogP contribution in [-0.4, -0.2) is 39.2 Å². The Hall–Kier alpha value is -2.05. The van der Waals surface area contributed by atoms with Crippen LogP contribution >= 0.6 is 0 Å². The van der Waals surface area contributed by atoms with Crippen LogP contribution in [0.15, 0.2) is 9.59 Å². The van der Waals surface area contributed by atoms with E-state index in [1.54, 1.807) is 0 Å². The minimum Gasteiger partial charge on any atom is -0.465 e. The Morgan fingerprint density at radius 1 is 1.19 bits per heavy atom. The number of nitrogens with one attached hydrogen (secondary N) is 2. The minimum atomic E-state index is -1.01. The fourth-order valence-electron chi connectivity index (χ4n) is 1.83. The maximum absolute atomic E-state index is 11.5. The normalized spacial score (nSPS) is 15.4. The Morgan fingerprint density at radius 3 is 2.56 bits per heavy atom. The molecule has 1 aliphatic heterocycles. The Bertz CT molecular complexity index is 530. The predicted molar refractivity (Wildman–Crippen MR) is 54.7 cm³/mol. The fraction of sp³-hybridized carbons (Fsp3) is 0.444. The second kappa shape index (κ2) is 3.84. The van der Waals surface area contributed by atoms with Gasteiger partial charge in [0.2, 0.25) is 0 Å². The summed E-state index contributed by atoms with van der Waals surface area (Å²) in [6.45, 7) is 0.569. The lowest BCUT2D eigenvalue weighted by molar-refractivity contribution is 0.147. The molecule has 3 N–H and O–H groups in total. The highest BCUT2D eigenvalue weighted by atomic mass is 16.4. The molecule has 0 aromatic carbocycles. The monoisotopic (exact) mass is 225 g/mol. The van der Waals surface area contributed by atoms with E-state index in [0.29, 0.717) is 30.6 Å². The number of hydrogen-bond acceptors (Lipinski definition) is 3. The van der Waals surface area contributed by atoms with E-state index in [2.05, 4.69) is 9.97 Å². The number of hydrogen-bond donors (Lipinski definition) is 3. The molecule has 0 fully saturated rings. The molecular weight excluding hydrogens is 214 g/mol. The quantitative estimate of drug-likeness (QED) is 0.534. The summed E-state index contributed by atoms with van der Waals surface area (Å²) < 4.78 is 0. The summed E-state index contributed by atoms with van der Waals surface area (Å²) in [5, 5.41) is 8.83. The van der Waals surface area contributed by atoms with Gasteiger partial charge in [-0.2, -0.15) is 0 Å². The maximum Gasteiger partial charge on any atom is 0.407 e. The number of carbonyl (C=O) groups is 1. The molecule has 7 nitrogen and oxygen atoms in total. The van der Waals surface area contributed by atoms with Crippen molar-refractivity contribution in [2.45, 2.75) is 12.8 Å². The number of aromatic nitrogens is 2. The summed E-state index contributed by atoms with van der Waals surface area (Å²) in [5.41, 5.74) is 0.0411. The van der Waals surface area contributed by atoms with Gasteiger partial charge in [-0.25, -0.2) is 9.59 Å². The van der Waals surface area contributed by atoms with Crippen molar-refractivity contribution in [2.24, 2.45) is 0 Å². The number of fused-ring (bicyclic) bond motifs is 1. The number of rotatable bonds is 0. The molecule has 0 radical (unpaired) electrons. The molecule has 1 aromatic rings. The van der Waals surface area contributed by atoms with Crippen LogP contribution in [0.4, 0.5) is 4.79 Å². The van der Waals surface area contributed by atoms with Crippen LogP contribution in [0.1, 0.15) is 11.3 Å². The Kier molecular flexibility index (Phi) is 2.51. The average Bonchev–Trinajstić information content (AvgIpc) is 2.39. The molecule has 7 heteroatoms. The van der Waals surface area contributed by atoms with Crippen molar-refractivity contribution >= 4 is 6.09 Å². The number of nitrogens with zero attached hydrogens (tertiary/aromatic N) is 1. The van der Waals surface area contributed by atoms with E-state index in [4.69, 9.17) is 5.11 Å². The van der Waals surface area contributed by atoms with Crippen molar-refractivity contribution in [3.05, 3.63) is 32.1 Å². The van der Waals surface area contributed by atoms with Crippen molar-refractivity contribution in [3.63, 3.8) is 0 Å². The SMILES string of the molecule is O=C(O)N1CCc2[nH]c(=O)[nH]c(=O)c2CC1. The van der Waals surface area contributed by atoms with Crippen LogP contribution in [0.3, 0.4) is 0 Å². The van der Waals surface area contributed by atoms with E-state index in [0.717, 1.165) is 0 Å². The van der Waals surface area contributed by atoms with Gasteiger partial charge in [0.15, 0.2) is 0 Å². The molecule has 0 aliphatic carbocycles. The van der Waals surface area contributed by atoms with E-state index < -0.39 is 17.3 Å². The maximum atomic E-state index is 11.5. The molecule has 1 amide bonds. The van der Waals surface area contributed by atoms with Crippen molar-refractivity contribution < 1.29 is 9.90 Å². The minimum absolute atomic E-state index is 0.275. The molecule has 0 bridgehead atoms. The molecule has 2 rings (SSSR count). The van der Waals surface area contributed by atoms with Crippen molar-refractivity contribution in [2.75, 3.05) is 13.1 Å². The number of amides is 1. The molecule has 1 aliphatic rings. The lowest BCUT2D eigenvalue weighted by Crippen LogP contribution is -2.31. The highest BCUT2D eigenvalue weighted by Crippen LogP contribution is 2.08. The molecular formula is C9H11N3O4. The molecule has 2 heterocycles.